The number of nitrogens with one attached hydrogen (secondary N) is 1. The second kappa shape index (κ2) is 8.40. The number of rotatable bonds is 2. The Morgan fingerprint density at radius 2 is 1.33 bits per heavy atom. The van der Waals surface area contributed by atoms with Gasteiger partial charge in [0.15, 0.2) is 0 Å². The predicted molar refractivity (Wildman–Crippen MR) is 78.4 cm³/mol. The van der Waals surface area contributed by atoms with Gasteiger partial charge in [-0.2, -0.15) is 0 Å². The van der Waals surface area contributed by atoms with E-state index in [1.807, 2.05) is 0 Å². The van der Waals surface area contributed by atoms with Crippen LogP contribution in [0.2, 0.25) is 0 Å². The molecule has 1 amide bonds. The van der Waals surface area contributed by atoms with Crippen molar-refractivity contribution in [2.24, 2.45) is 0 Å². The Labute approximate surface area is 140 Å². The van der Waals surface area contributed by atoms with Gasteiger partial charge in [-0.25, -0.2) is 4.79 Å². The van der Waals surface area contributed by atoms with Gasteiger partial charge in [0.05, 0.1) is 5.56 Å². The van der Waals surface area contributed by atoms with Crippen molar-refractivity contribution in [3.8, 4) is 0 Å². The van der Waals surface area contributed by atoms with Crippen LogP contribution in [-0.4, -0.2) is 17.1 Å². The van der Waals surface area contributed by atoms with Crippen LogP contribution in [0.25, 0.3) is 0 Å². The van der Waals surface area contributed by atoms with Crippen LogP contribution in [0.1, 0.15) is 20.7 Å². The molecular formula is C15H11NO3SZn. The van der Waals surface area contributed by atoms with Gasteiger partial charge in [0.2, 0.25) is 0 Å². The summed E-state index contributed by atoms with van der Waals surface area (Å²) in [5.41, 5.74) is 0.800. The van der Waals surface area contributed by atoms with Crippen molar-refractivity contribution in [1.82, 2.24) is 5.32 Å². The molecule has 0 spiro atoms. The molecule has 0 radical (unpaired) electrons. The zero-order valence-corrected chi connectivity index (χ0v) is 14.9. The van der Waals surface area contributed by atoms with E-state index in [-0.39, 0.29) is 24.7 Å². The number of esters is 1. The molecule has 102 valence electrons. The summed E-state index contributed by atoms with van der Waals surface area (Å²) in [6, 6.07) is 16.9. The maximum atomic E-state index is 11.8. The van der Waals surface area contributed by atoms with E-state index in [1.165, 1.54) is 0 Å². The molecule has 0 atom stereocenters. The Hall–Kier alpha value is -1.91. The molecule has 2 rings (SSSR count). The molecule has 0 heterocycles. The molecule has 2 aromatic carbocycles. The van der Waals surface area contributed by atoms with Crippen LogP contribution in [0.4, 0.5) is 0 Å². The van der Waals surface area contributed by atoms with Gasteiger partial charge in [-0.3, -0.25) is 10.1 Å². The Balaban J connectivity index is 0.00000220. The maximum Gasteiger partial charge on any atom is 0.345 e. The molecule has 2 aromatic rings. The summed E-state index contributed by atoms with van der Waals surface area (Å²) < 4.78 is 4.89. The van der Waals surface area contributed by atoms with Crippen LogP contribution in [0.15, 0.2) is 60.7 Å². The largest absolute Gasteiger partial charge is 0.395 e. The summed E-state index contributed by atoms with van der Waals surface area (Å²) in [7, 11) is 0. The molecule has 6 heteroatoms. The third-order valence-corrected chi connectivity index (χ3v) is 2.63. The summed E-state index contributed by atoms with van der Waals surface area (Å²) in [6.45, 7) is 0. The van der Waals surface area contributed by atoms with Crippen LogP contribution in [0.3, 0.4) is 0 Å². The fraction of sp³-hybridized carbons (Fsp3) is 0. The monoisotopic (exact) mass is 349 g/mol. The molecule has 0 fully saturated rings. The number of hydrogen-bond donors (Lipinski definition) is 1. The van der Waals surface area contributed by atoms with Crippen molar-refractivity contribution in [1.29, 1.82) is 0 Å². The van der Waals surface area contributed by atoms with Crippen LogP contribution in [-0.2, 0) is 24.2 Å². The zero-order valence-electron chi connectivity index (χ0n) is 11.1. The number of hydrogen-bond acceptors (Lipinski definition) is 4. The Kier molecular flexibility index (Phi) is 6.85. The summed E-state index contributed by atoms with van der Waals surface area (Å²) in [6.07, 6.45) is 0. The molecule has 0 aliphatic heterocycles. The minimum atomic E-state index is -0.607. The fourth-order valence-corrected chi connectivity index (χ4v) is 1.67. The first-order valence-corrected chi connectivity index (χ1v) is 6.25. The number of benzene rings is 2. The third kappa shape index (κ3) is 5.17. The normalized spacial score (nSPS) is 9.14. The van der Waals surface area contributed by atoms with E-state index in [2.05, 4.69) is 5.32 Å². The molecule has 4 nitrogen and oxygen atoms in total. The summed E-state index contributed by atoms with van der Waals surface area (Å²) in [4.78, 5) is 23.5. The molecule has 21 heavy (non-hydrogen) atoms. The summed E-state index contributed by atoms with van der Waals surface area (Å²) in [5, 5.41) is 2.08. The van der Waals surface area contributed by atoms with Crippen LogP contribution in [0.5, 0.6) is 0 Å². The van der Waals surface area contributed by atoms with Crippen molar-refractivity contribution >= 4 is 29.3 Å². The molecule has 1 N–H and O–H groups in total. The van der Waals surface area contributed by atoms with Crippen molar-refractivity contribution in [2.45, 2.75) is 0 Å². The van der Waals surface area contributed by atoms with E-state index in [0.717, 1.165) is 0 Å². The van der Waals surface area contributed by atoms with E-state index >= 15 is 0 Å². The predicted octanol–water partition coefficient (Wildman–Crippen LogP) is 2.56. The van der Waals surface area contributed by atoms with Gasteiger partial charge in [0.1, 0.15) is 0 Å². The van der Waals surface area contributed by atoms with Crippen LogP contribution >= 0.6 is 12.2 Å². The van der Waals surface area contributed by atoms with E-state index in [9.17, 15) is 9.59 Å². The van der Waals surface area contributed by atoms with Gasteiger partial charge in [-0.1, -0.05) is 36.4 Å². The molecule has 0 saturated heterocycles. The van der Waals surface area contributed by atoms with Gasteiger partial charge in [-0.15, -0.1) is 0 Å². The van der Waals surface area contributed by atoms with Gasteiger partial charge < -0.3 is 4.74 Å². The molecular weight excluding hydrogens is 340 g/mol. The zero-order chi connectivity index (χ0) is 14.4. The van der Waals surface area contributed by atoms with Gasteiger partial charge in [0.25, 0.3) is 11.1 Å². The van der Waals surface area contributed by atoms with Gasteiger partial charge in [-0.05, 0) is 36.5 Å². The molecule has 0 unspecified atom stereocenters. The quantitative estimate of drug-likeness (QED) is 0.514. The number of thiocarbonyl (C=S) groups is 1. The van der Waals surface area contributed by atoms with Crippen molar-refractivity contribution < 1.29 is 33.8 Å². The van der Waals surface area contributed by atoms with E-state index in [0.29, 0.717) is 11.1 Å². The summed E-state index contributed by atoms with van der Waals surface area (Å²) >= 11 is 4.83. The van der Waals surface area contributed by atoms with E-state index < -0.39 is 11.9 Å². The topological polar surface area (TPSA) is 55.4 Å². The average Bonchev–Trinajstić information content (AvgIpc) is 2.49. The second-order valence-corrected chi connectivity index (χ2v) is 4.23. The molecule has 0 bridgehead atoms. The third-order valence-electron chi connectivity index (χ3n) is 2.45. The Bertz CT molecular complexity index is 576. The first kappa shape index (κ1) is 17.1. The summed E-state index contributed by atoms with van der Waals surface area (Å²) in [5.74, 6) is -1.03. The molecule has 0 aliphatic rings. The van der Waals surface area contributed by atoms with Gasteiger partial charge >= 0.3 is 5.97 Å². The first-order valence-electron chi connectivity index (χ1n) is 5.84. The minimum absolute atomic E-state index is 0. The number of ether oxygens (including phenoxy) is 1. The van der Waals surface area contributed by atoms with E-state index in [4.69, 9.17) is 17.0 Å². The Morgan fingerprint density at radius 3 is 1.86 bits per heavy atom. The Morgan fingerprint density at radius 1 is 0.857 bits per heavy atom. The smallest absolute Gasteiger partial charge is 0.345 e. The van der Waals surface area contributed by atoms with Crippen LogP contribution in [0, 0.1) is 0 Å². The van der Waals surface area contributed by atoms with Crippen LogP contribution < -0.4 is 5.32 Å². The van der Waals surface area contributed by atoms with Crippen molar-refractivity contribution in [3.63, 3.8) is 0 Å². The number of carbonyl (C=O) groups excluding carboxylic acids is 2. The molecule has 0 saturated carbocycles. The second-order valence-electron chi connectivity index (χ2n) is 3.86. The number of amides is 1. The first-order chi connectivity index (χ1) is 9.66. The van der Waals surface area contributed by atoms with Crippen molar-refractivity contribution in [3.05, 3.63) is 71.8 Å². The fourth-order valence-electron chi connectivity index (χ4n) is 1.50. The van der Waals surface area contributed by atoms with Gasteiger partial charge in [0, 0.05) is 25.0 Å². The molecule has 0 aliphatic carbocycles. The molecule has 0 aromatic heterocycles. The average molecular weight is 351 g/mol. The van der Waals surface area contributed by atoms with Crippen molar-refractivity contribution in [2.75, 3.05) is 0 Å². The minimum Gasteiger partial charge on any atom is -0.395 e. The number of carbonyl (C=O) groups is 2. The maximum absolute atomic E-state index is 11.8. The van der Waals surface area contributed by atoms with E-state index in [1.54, 1.807) is 60.7 Å². The standard InChI is InChI=1S/C15H11NO3S.Zn/c17-13(11-7-3-1-4-8-11)16-15(20)19-14(18)12-9-5-2-6-10-12;/h1-10H,(H,16,17,20);. The SMILES string of the molecule is O=C(NC(=S)OC(=O)c1ccccc1)c1ccccc1.[Zn].